The molecule has 5 nitrogen and oxygen atoms in total. The molecule has 8 heteroatoms. The van der Waals surface area contributed by atoms with E-state index in [0.717, 1.165) is 11.5 Å². The molecule has 0 aromatic heterocycles. The highest BCUT2D eigenvalue weighted by molar-refractivity contribution is 9.10. The fourth-order valence-electron chi connectivity index (χ4n) is 1.77. The van der Waals surface area contributed by atoms with Crippen LogP contribution in [-0.4, -0.2) is 48.4 Å². The van der Waals surface area contributed by atoms with Gasteiger partial charge in [0.05, 0.1) is 10.5 Å². The molecule has 0 atom stereocenters. The Kier molecular flexibility index (Phi) is 4.54. The molecule has 1 aliphatic heterocycles. The minimum atomic E-state index is -3.61. The van der Waals surface area contributed by atoms with Crippen molar-refractivity contribution in [3.05, 3.63) is 28.2 Å². The zero-order valence-electron chi connectivity index (χ0n) is 9.87. The van der Waals surface area contributed by atoms with Crippen molar-refractivity contribution in [3.8, 4) is 0 Å². The summed E-state index contributed by atoms with van der Waals surface area (Å²) in [5.41, 5.74) is -0.0423. The molecular weight excluding hydrogens is 354 g/mol. The second-order valence-corrected chi connectivity index (χ2v) is 8.08. The third kappa shape index (κ3) is 3.31. The molecule has 1 aromatic carbocycles. The predicted octanol–water partition coefficient (Wildman–Crippen LogP) is 1.88. The average Bonchev–Trinajstić information content (AvgIpc) is 2.39. The van der Waals surface area contributed by atoms with Crippen LogP contribution < -0.4 is 0 Å². The van der Waals surface area contributed by atoms with Crippen molar-refractivity contribution in [1.29, 1.82) is 0 Å². The Morgan fingerprint density at radius 2 is 1.89 bits per heavy atom. The first-order valence-electron chi connectivity index (χ1n) is 5.53. The normalized spacial score (nSPS) is 17.3. The molecule has 0 radical (unpaired) electrons. The Labute approximate surface area is 124 Å². The van der Waals surface area contributed by atoms with Gasteiger partial charge >= 0.3 is 5.97 Å². The van der Waals surface area contributed by atoms with Crippen LogP contribution in [0.4, 0.5) is 0 Å². The number of aromatic carboxylic acids is 1. The van der Waals surface area contributed by atoms with Gasteiger partial charge in [0, 0.05) is 29.1 Å². The number of carboxylic acids is 1. The van der Waals surface area contributed by atoms with Gasteiger partial charge in [0.25, 0.3) is 0 Å². The van der Waals surface area contributed by atoms with Crippen molar-refractivity contribution < 1.29 is 18.3 Å². The van der Waals surface area contributed by atoms with E-state index in [1.165, 1.54) is 22.5 Å². The van der Waals surface area contributed by atoms with Crippen molar-refractivity contribution in [2.45, 2.75) is 4.90 Å². The van der Waals surface area contributed by atoms with E-state index in [1.54, 1.807) is 11.8 Å². The van der Waals surface area contributed by atoms with Crippen LogP contribution in [0.15, 0.2) is 27.6 Å². The van der Waals surface area contributed by atoms with Crippen LogP contribution in [0, 0.1) is 0 Å². The monoisotopic (exact) mass is 365 g/mol. The molecule has 1 aromatic rings. The molecule has 0 spiro atoms. The van der Waals surface area contributed by atoms with Gasteiger partial charge in [-0.2, -0.15) is 16.1 Å². The number of carboxylic acid groups (broad SMARTS) is 1. The van der Waals surface area contributed by atoms with E-state index in [4.69, 9.17) is 5.11 Å². The Balaban J connectivity index is 2.42. The fourth-order valence-corrected chi connectivity index (χ4v) is 5.06. The summed E-state index contributed by atoms with van der Waals surface area (Å²) in [5.74, 6) is 0.379. The maximum absolute atomic E-state index is 12.4. The first-order valence-corrected chi connectivity index (χ1v) is 8.92. The topological polar surface area (TPSA) is 74.7 Å². The highest BCUT2D eigenvalue weighted by Crippen LogP contribution is 2.24. The van der Waals surface area contributed by atoms with Crippen LogP contribution in [0.25, 0.3) is 0 Å². The van der Waals surface area contributed by atoms with E-state index in [-0.39, 0.29) is 10.5 Å². The fraction of sp³-hybridized carbons (Fsp3) is 0.364. The van der Waals surface area contributed by atoms with Gasteiger partial charge in [-0.05, 0) is 18.2 Å². The van der Waals surface area contributed by atoms with E-state index < -0.39 is 16.0 Å². The maximum Gasteiger partial charge on any atom is 0.335 e. The first-order chi connectivity index (χ1) is 8.91. The van der Waals surface area contributed by atoms with Crippen LogP contribution in [0.5, 0.6) is 0 Å². The molecule has 19 heavy (non-hydrogen) atoms. The van der Waals surface area contributed by atoms with Gasteiger partial charge in [-0.15, -0.1) is 0 Å². The summed E-state index contributed by atoms with van der Waals surface area (Å²) in [6, 6.07) is 4.01. The lowest BCUT2D eigenvalue weighted by Crippen LogP contribution is -2.37. The zero-order chi connectivity index (χ0) is 14.0. The second kappa shape index (κ2) is 5.82. The molecule has 0 bridgehead atoms. The summed E-state index contributed by atoms with van der Waals surface area (Å²) in [6.07, 6.45) is 0. The first kappa shape index (κ1) is 14.8. The van der Waals surface area contributed by atoms with Gasteiger partial charge in [-0.1, -0.05) is 15.9 Å². The minimum absolute atomic E-state index is 0.0196. The zero-order valence-corrected chi connectivity index (χ0v) is 13.1. The van der Waals surface area contributed by atoms with Crippen LogP contribution in [0.3, 0.4) is 0 Å². The van der Waals surface area contributed by atoms with E-state index in [1.807, 2.05) is 0 Å². The summed E-state index contributed by atoms with van der Waals surface area (Å²) < 4.78 is 26.7. The quantitative estimate of drug-likeness (QED) is 0.884. The Morgan fingerprint density at radius 1 is 1.26 bits per heavy atom. The smallest absolute Gasteiger partial charge is 0.335 e. The number of carbonyl (C=O) groups is 1. The number of thioether (sulfide) groups is 1. The molecule has 104 valence electrons. The number of hydrogen-bond acceptors (Lipinski definition) is 4. The van der Waals surface area contributed by atoms with Crippen LogP contribution in [0.2, 0.25) is 0 Å². The third-order valence-corrected chi connectivity index (χ3v) is 6.00. The lowest BCUT2D eigenvalue weighted by atomic mass is 10.2. The van der Waals surface area contributed by atoms with Gasteiger partial charge in [0.2, 0.25) is 10.0 Å². The SMILES string of the molecule is O=C(O)c1cc(Br)cc(S(=O)(=O)N2CCSCC2)c1. The molecule has 1 aliphatic rings. The third-order valence-electron chi connectivity index (χ3n) is 2.73. The predicted molar refractivity (Wildman–Crippen MR) is 77.2 cm³/mol. The number of hydrogen-bond donors (Lipinski definition) is 1. The molecule has 1 fully saturated rings. The van der Waals surface area contributed by atoms with Gasteiger partial charge in [0.1, 0.15) is 0 Å². The lowest BCUT2D eigenvalue weighted by molar-refractivity contribution is 0.0696. The van der Waals surface area contributed by atoms with Gasteiger partial charge in [-0.3, -0.25) is 0 Å². The van der Waals surface area contributed by atoms with Crippen molar-refractivity contribution in [2.75, 3.05) is 24.6 Å². The summed E-state index contributed by atoms with van der Waals surface area (Å²) in [7, 11) is -3.61. The maximum atomic E-state index is 12.4. The molecular formula is C11H12BrNO4S2. The minimum Gasteiger partial charge on any atom is -0.478 e. The molecule has 0 saturated carbocycles. The molecule has 1 saturated heterocycles. The second-order valence-electron chi connectivity index (χ2n) is 4.00. The summed E-state index contributed by atoms with van der Waals surface area (Å²) >= 11 is 4.86. The van der Waals surface area contributed by atoms with Crippen LogP contribution in [0.1, 0.15) is 10.4 Å². The van der Waals surface area contributed by atoms with Crippen LogP contribution in [-0.2, 0) is 10.0 Å². The number of halogens is 1. The number of benzene rings is 1. The van der Waals surface area contributed by atoms with Gasteiger partial charge in [0.15, 0.2) is 0 Å². The van der Waals surface area contributed by atoms with Crippen molar-refractivity contribution >= 4 is 43.7 Å². The Bertz CT molecular complexity index is 597. The van der Waals surface area contributed by atoms with Crippen molar-refractivity contribution in [1.82, 2.24) is 4.31 Å². The highest BCUT2D eigenvalue weighted by Gasteiger charge is 2.27. The Hall–Kier alpha value is -0.570. The molecule has 0 unspecified atom stereocenters. The van der Waals surface area contributed by atoms with Gasteiger partial charge < -0.3 is 5.11 Å². The van der Waals surface area contributed by atoms with E-state index in [2.05, 4.69) is 15.9 Å². The van der Waals surface area contributed by atoms with Gasteiger partial charge in [-0.25, -0.2) is 13.2 Å². The van der Waals surface area contributed by atoms with E-state index in [0.29, 0.717) is 17.6 Å². The number of nitrogens with zero attached hydrogens (tertiary/aromatic N) is 1. The van der Waals surface area contributed by atoms with E-state index in [9.17, 15) is 13.2 Å². The number of rotatable bonds is 3. The van der Waals surface area contributed by atoms with Crippen molar-refractivity contribution in [2.24, 2.45) is 0 Å². The molecule has 0 amide bonds. The number of sulfonamides is 1. The highest BCUT2D eigenvalue weighted by atomic mass is 79.9. The summed E-state index contributed by atoms with van der Waals surface area (Å²) in [4.78, 5) is 11.0. The summed E-state index contributed by atoms with van der Waals surface area (Å²) in [5, 5.41) is 8.98. The molecule has 0 aliphatic carbocycles. The standard InChI is InChI=1S/C11H12BrNO4S2/c12-9-5-8(11(14)15)6-10(7-9)19(16,17)13-1-3-18-4-2-13/h5-7H,1-4H2,(H,14,15). The van der Waals surface area contributed by atoms with Crippen LogP contribution >= 0.6 is 27.7 Å². The van der Waals surface area contributed by atoms with E-state index >= 15 is 0 Å². The molecule has 1 heterocycles. The molecule has 1 N–H and O–H groups in total. The lowest BCUT2D eigenvalue weighted by Gasteiger charge is -2.25. The Morgan fingerprint density at radius 3 is 2.47 bits per heavy atom. The largest absolute Gasteiger partial charge is 0.478 e. The molecule has 2 rings (SSSR count). The average molecular weight is 366 g/mol. The van der Waals surface area contributed by atoms with Crippen molar-refractivity contribution in [3.63, 3.8) is 0 Å². The summed E-state index contributed by atoms with van der Waals surface area (Å²) in [6.45, 7) is 0.920.